The van der Waals surface area contributed by atoms with Crippen molar-refractivity contribution in [2.24, 2.45) is 0 Å². The molecule has 1 aliphatic heterocycles. The van der Waals surface area contributed by atoms with Gasteiger partial charge in [0.05, 0.1) is 11.2 Å². The second-order valence-electron chi connectivity index (χ2n) is 4.42. The van der Waals surface area contributed by atoms with Gasteiger partial charge in [-0.2, -0.15) is 5.26 Å². The van der Waals surface area contributed by atoms with Crippen molar-refractivity contribution in [3.63, 3.8) is 0 Å². The predicted molar refractivity (Wildman–Crippen MR) is 70.4 cm³/mol. The molecule has 0 atom stereocenters. The maximum atomic E-state index is 11.8. The van der Waals surface area contributed by atoms with Gasteiger partial charge in [-0.1, -0.05) is 0 Å². The Balaban J connectivity index is 2.33. The van der Waals surface area contributed by atoms with Crippen molar-refractivity contribution in [2.45, 2.75) is 6.54 Å². The largest absolute Gasteiger partial charge is 0.445 e. The van der Waals surface area contributed by atoms with Crippen molar-refractivity contribution in [3.8, 4) is 0 Å². The van der Waals surface area contributed by atoms with Crippen LogP contribution in [0.3, 0.4) is 0 Å². The molecule has 0 fully saturated rings. The Bertz CT molecular complexity index is 729. The quantitative estimate of drug-likeness (QED) is 0.607. The smallest absolute Gasteiger partial charge is 0.348 e. The number of hydrogen-bond acceptors (Lipinski definition) is 5. The number of nitrogens with one attached hydrogen (secondary N) is 1. The van der Waals surface area contributed by atoms with Gasteiger partial charge in [0.25, 0.3) is 5.91 Å². The van der Waals surface area contributed by atoms with Crippen molar-refractivity contribution >= 4 is 28.6 Å². The van der Waals surface area contributed by atoms with Gasteiger partial charge in [0.1, 0.15) is 0 Å². The Morgan fingerprint density at radius 3 is 3.10 bits per heavy atom. The molecule has 2 aromatic rings. The van der Waals surface area contributed by atoms with Gasteiger partial charge in [-0.15, -0.1) is 0 Å². The lowest BCUT2D eigenvalue weighted by molar-refractivity contribution is -0.174. The number of amides is 2. The maximum absolute atomic E-state index is 11.8. The second-order valence-corrected chi connectivity index (χ2v) is 4.42. The molecule has 1 aliphatic rings. The van der Waals surface area contributed by atoms with E-state index >= 15 is 0 Å². The van der Waals surface area contributed by atoms with Crippen molar-refractivity contribution < 1.29 is 19.7 Å². The fourth-order valence-corrected chi connectivity index (χ4v) is 2.43. The summed E-state index contributed by atoms with van der Waals surface area (Å²) in [5, 5.41) is 12.0. The van der Waals surface area contributed by atoms with E-state index in [1.165, 1.54) is 7.05 Å². The summed E-state index contributed by atoms with van der Waals surface area (Å²) in [6, 6.07) is 5.22. The van der Waals surface area contributed by atoms with Crippen LogP contribution in [0.2, 0.25) is 0 Å². The van der Waals surface area contributed by atoms with E-state index in [4.69, 9.17) is 5.26 Å². The maximum Gasteiger partial charge on any atom is 0.445 e. The second kappa shape index (κ2) is 4.46. The molecule has 0 radical (unpaired) electrons. The Kier molecular flexibility index (Phi) is 2.76. The van der Waals surface area contributed by atoms with E-state index in [2.05, 4.69) is 15.2 Å². The van der Waals surface area contributed by atoms with E-state index in [9.17, 15) is 9.59 Å². The van der Waals surface area contributed by atoms with Crippen LogP contribution < -0.4 is 10.2 Å². The van der Waals surface area contributed by atoms with Gasteiger partial charge < -0.3 is 5.32 Å². The van der Waals surface area contributed by atoms with Crippen LogP contribution >= 0.6 is 0 Å². The summed E-state index contributed by atoms with van der Waals surface area (Å²) in [6.45, 7) is 0.317. The minimum Gasteiger partial charge on any atom is -0.348 e. The highest BCUT2D eigenvalue weighted by molar-refractivity contribution is 6.09. The topological polar surface area (TPSA) is 91.8 Å². The monoisotopic (exact) mass is 273 g/mol. The van der Waals surface area contributed by atoms with Crippen LogP contribution in [0.4, 0.5) is 10.5 Å². The number of carbonyl (C=O) groups is 2. The van der Waals surface area contributed by atoms with Crippen molar-refractivity contribution in [2.75, 3.05) is 11.9 Å². The van der Waals surface area contributed by atoms with Gasteiger partial charge in [-0.3, -0.25) is 19.6 Å². The number of benzene rings is 1. The Labute approximate surface area is 113 Å². The predicted octanol–water partition coefficient (Wildman–Crippen LogP) is 1.52. The molecule has 0 saturated heterocycles. The number of hydrogen-bond donors (Lipinski definition) is 2. The van der Waals surface area contributed by atoms with Gasteiger partial charge in [-0.25, -0.2) is 4.79 Å². The summed E-state index contributed by atoms with van der Waals surface area (Å²) in [6.07, 6.45) is 0.679. The highest BCUT2D eigenvalue weighted by Crippen LogP contribution is 2.34. The van der Waals surface area contributed by atoms with E-state index in [1.54, 1.807) is 24.4 Å². The molecule has 2 N–H and O–H groups in total. The summed E-state index contributed by atoms with van der Waals surface area (Å²) in [7, 11) is 1.46. The molecule has 7 nitrogen and oxygen atoms in total. The number of fused-ring (bicyclic) bond motifs is 2. The molecule has 20 heavy (non-hydrogen) atoms. The van der Waals surface area contributed by atoms with Crippen molar-refractivity contribution in [1.82, 2.24) is 10.3 Å². The zero-order valence-corrected chi connectivity index (χ0v) is 10.6. The molecular weight excluding hydrogens is 262 g/mol. The number of aromatic nitrogens is 1. The Morgan fingerprint density at radius 1 is 1.55 bits per heavy atom. The molecule has 0 bridgehead atoms. The summed E-state index contributed by atoms with van der Waals surface area (Å²) in [5.74, 6) is -0.209. The van der Waals surface area contributed by atoms with Gasteiger partial charge in [0.2, 0.25) is 0 Å². The molecule has 2 amide bonds. The first-order valence-electron chi connectivity index (χ1n) is 5.91. The lowest BCUT2D eigenvalue weighted by Gasteiger charge is -2.19. The summed E-state index contributed by atoms with van der Waals surface area (Å²) < 4.78 is 0. The van der Waals surface area contributed by atoms with E-state index < -0.39 is 6.09 Å². The zero-order chi connectivity index (χ0) is 14.3. The molecule has 1 aromatic heterocycles. The van der Waals surface area contributed by atoms with Crippen LogP contribution in [0.15, 0.2) is 24.4 Å². The van der Waals surface area contributed by atoms with E-state index in [0.29, 0.717) is 34.3 Å². The highest BCUT2D eigenvalue weighted by Gasteiger charge is 2.28. The van der Waals surface area contributed by atoms with Crippen molar-refractivity contribution in [3.05, 3.63) is 35.5 Å². The van der Waals surface area contributed by atoms with Crippen molar-refractivity contribution in [1.29, 1.82) is 0 Å². The number of carbonyl (C=O) groups excluding carboxylic acids is 2. The van der Waals surface area contributed by atoms with Crippen LogP contribution in [-0.4, -0.2) is 29.3 Å². The van der Waals surface area contributed by atoms with Crippen LogP contribution in [0.1, 0.15) is 15.9 Å². The van der Waals surface area contributed by atoms with Crippen LogP contribution in [-0.2, 0) is 11.4 Å². The van der Waals surface area contributed by atoms with Crippen LogP contribution in [0.5, 0.6) is 0 Å². The average molecular weight is 273 g/mol. The molecular formula is C13H11N3O4. The fraction of sp³-hybridized carbons (Fsp3) is 0.154. The Hall–Kier alpha value is -2.67. The number of nitrogens with zero attached hydrogens (tertiary/aromatic N) is 2. The standard InChI is InChI=1S/C13H11N3O4/c1-16(13(18)20-19)11-7-3-2-4-14-10(7)5-8-9(11)6-15-12(8)17/h2-5,19H,6H2,1H3,(H,15,17). The summed E-state index contributed by atoms with van der Waals surface area (Å²) in [4.78, 5) is 32.5. The lowest BCUT2D eigenvalue weighted by atomic mass is 10.0. The molecule has 7 heteroatoms. The fourth-order valence-electron chi connectivity index (χ4n) is 2.43. The molecule has 0 saturated carbocycles. The molecule has 0 aliphatic carbocycles. The van der Waals surface area contributed by atoms with Gasteiger partial charge in [-0.05, 0) is 18.2 Å². The highest BCUT2D eigenvalue weighted by atomic mass is 17.1. The average Bonchev–Trinajstić information content (AvgIpc) is 2.84. The van der Waals surface area contributed by atoms with Gasteiger partial charge in [0.15, 0.2) is 0 Å². The third kappa shape index (κ3) is 1.68. The molecule has 0 unspecified atom stereocenters. The first kappa shape index (κ1) is 12.4. The Morgan fingerprint density at radius 2 is 2.35 bits per heavy atom. The van der Waals surface area contributed by atoms with Crippen LogP contribution in [0, 0.1) is 0 Å². The van der Waals surface area contributed by atoms with E-state index in [0.717, 1.165) is 4.90 Å². The SMILES string of the molecule is CN(C(=O)OO)c1c2c(cc3ncccc13)C(=O)NC2. The van der Waals surface area contributed by atoms with Gasteiger partial charge in [0, 0.05) is 36.3 Å². The first-order valence-corrected chi connectivity index (χ1v) is 5.91. The summed E-state index contributed by atoms with van der Waals surface area (Å²) in [5.41, 5.74) is 2.26. The molecule has 102 valence electrons. The van der Waals surface area contributed by atoms with Crippen LogP contribution in [0.25, 0.3) is 10.9 Å². The molecule has 0 spiro atoms. The molecule has 3 rings (SSSR count). The molecule has 2 heterocycles. The number of pyridine rings is 1. The third-order valence-corrected chi connectivity index (χ3v) is 3.34. The lowest BCUT2D eigenvalue weighted by Crippen LogP contribution is -2.27. The minimum atomic E-state index is -0.928. The number of anilines is 1. The van der Waals surface area contributed by atoms with E-state index in [1.807, 2.05) is 0 Å². The van der Waals surface area contributed by atoms with E-state index in [-0.39, 0.29) is 5.91 Å². The summed E-state index contributed by atoms with van der Waals surface area (Å²) >= 11 is 0. The van der Waals surface area contributed by atoms with Gasteiger partial charge >= 0.3 is 6.09 Å². The normalized spacial score (nSPS) is 13.0. The number of rotatable bonds is 1. The molecule has 1 aromatic carbocycles. The zero-order valence-electron chi connectivity index (χ0n) is 10.6. The third-order valence-electron chi connectivity index (χ3n) is 3.34. The first-order chi connectivity index (χ1) is 9.63. The minimum absolute atomic E-state index is 0.209.